The van der Waals surface area contributed by atoms with Crippen molar-refractivity contribution in [2.75, 3.05) is 12.3 Å². The summed E-state index contributed by atoms with van der Waals surface area (Å²) in [5.41, 5.74) is 6.63. The lowest BCUT2D eigenvalue weighted by Gasteiger charge is -2.06. The van der Waals surface area contributed by atoms with Crippen LogP contribution in [0.5, 0.6) is 5.75 Å². The van der Waals surface area contributed by atoms with Crippen molar-refractivity contribution in [3.63, 3.8) is 0 Å². The normalized spacial score (nSPS) is 10.4. The Bertz CT molecular complexity index is 454. The Morgan fingerprint density at radius 2 is 2.14 bits per heavy atom. The van der Waals surface area contributed by atoms with Crippen LogP contribution in [-0.2, 0) is 0 Å². The molecule has 2 N–H and O–H groups in total. The monoisotopic (exact) mass is 188 g/mol. The second-order valence-corrected chi connectivity index (χ2v) is 3.00. The SMILES string of the molecule is CCOc1cc2ccccc2nc1N. The third kappa shape index (κ3) is 1.48. The molecule has 0 amide bonds. The van der Waals surface area contributed by atoms with Gasteiger partial charge in [0.05, 0.1) is 12.1 Å². The summed E-state index contributed by atoms with van der Waals surface area (Å²) in [6.45, 7) is 2.53. The summed E-state index contributed by atoms with van der Waals surface area (Å²) in [5.74, 6) is 1.11. The number of nitrogens with zero attached hydrogens (tertiary/aromatic N) is 1. The lowest BCUT2D eigenvalue weighted by molar-refractivity contribution is 0.341. The van der Waals surface area contributed by atoms with Gasteiger partial charge in [0.2, 0.25) is 0 Å². The second-order valence-electron chi connectivity index (χ2n) is 3.00. The van der Waals surface area contributed by atoms with E-state index in [0.717, 1.165) is 10.9 Å². The summed E-state index contributed by atoms with van der Waals surface area (Å²) in [6, 6.07) is 9.75. The number of aromatic nitrogens is 1. The molecule has 3 heteroatoms. The lowest BCUT2D eigenvalue weighted by atomic mass is 10.2. The molecule has 14 heavy (non-hydrogen) atoms. The van der Waals surface area contributed by atoms with Crippen molar-refractivity contribution in [1.82, 2.24) is 4.98 Å². The molecule has 0 aliphatic carbocycles. The zero-order valence-electron chi connectivity index (χ0n) is 8.03. The second kappa shape index (κ2) is 3.54. The molecule has 0 saturated heterocycles. The maximum atomic E-state index is 5.74. The van der Waals surface area contributed by atoms with Crippen molar-refractivity contribution in [2.45, 2.75) is 6.92 Å². The van der Waals surface area contributed by atoms with E-state index in [2.05, 4.69) is 4.98 Å². The van der Waals surface area contributed by atoms with E-state index < -0.39 is 0 Å². The minimum atomic E-state index is 0.450. The number of pyridine rings is 1. The predicted octanol–water partition coefficient (Wildman–Crippen LogP) is 2.22. The molecule has 0 radical (unpaired) electrons. The number of nitrogen functional groups attached to an aromatic ring is 1. The van der Waals surface area contributed by atoms with Gasteiger partial charge in [-0.15, -0.1) is 0 Å². The Hall–Kier alpha value is -1.77. The van der Waals surface area contributed by atoms with Gasteiger partial charge in [0.15, 0.2) is 11.6 Å². The van der Waals surface area contributed by atoms with Gasteiger partial charge in [-0.3, -0.25) is 0 Å². The molecule has 0 aliphatic heterocycles. The molecule has 0 bridgehead atoms. The summed E-state index contributed by atoms with van der Waals surface area (Å²) in [7, 11) is 0. The molecule has 0 saturated carbocycles. The Balaban J connectivity index is 2.59. The summed E-state index contributed by atoms with van der Waals surface area (Å²) in [5, 5.41) is 1.05. The van der Waals surface area contributed by atoms with E-state index in [1.165, 1.54) is 0 Å². The van der Waals surface area contributed by atoms with Gasteiger partial charge in [0, 0.05) is 5.39 Å². The highest BCUT2D eigenvalue weighted by atomic mass is 16.5. The van der Waals surface area contributed by atoms with Crippen LogP contribution in [0.3, 0.4) is 0 Å². The average Bonchev–Trinajstić information content (AvgIpc) is 2.19. The number of fused-ring (bicyclic) bond motifs is 1. The van der Waals surface area contributed by atoms with Crippen LogP contribution < -0.4 is 10.5 Å². The highest BCUT2D eigenvalue weighted by molar-refractivity contribution is 5.82. The third-order valence-corrected chi connectivity index (χ3v) is 2.02. The first kappa shape index (κ1) is 8.81. The number of rotatable bonds is 2. The van der Waals surface area contributed by atoms with Crippen molar-refractivity contribution in [3.8, 4) is 5.75 Å². The molecule has 1 aromatic carbocycles. The van der Waals surface area contributed by atoms with Gasteiger partial charge in [-0.2, -0.15) is 0 Å². The molecule has 0 spiro atoms. The molecule has 0 aliphatic rings. The Morgan fingerprint density at radius 1 is 1.36 bits per heavy atom. The maximum absolute atomic E-state index is 5.74. The fourth-order valence-electron chi connectivity index (χ4n) is 1.38. The number of benzene rings is 1. The number of hydrogen-bond donors (Lipinski definition) is 1. The van der Waals surface area contributed by atoms with Crippen LogP contribution in [0.25, 0.3) is 10.9 Å². The minimum absolute atomic E-state index is 0.450. The number of nitrogens with two attached hydrogens (primary N) is 1. The first-order chi connectivity index (χ1) is 6.81. The zero-order valence-corrected chi connectivity index (χ0v) is 8.03. The Labute approximate surface area is 82.5 Å². The number of para-hydroxylation sites is 1. The average molecular weight is 188 g/mol. The van der Waals surface area contributed by atoms with E-state index in [-0.39, 0.29) is 0 Å². The quantitative estimate of drug-likeness (QED) is 0.786. The van der Waals surface area contributed by atoms with Crippen LogP contribution in [0.1, 0.15) is 6.92 Å². The van der Waals surface area contributed by atoms with Crippen LogP contribution in [-0.4, -0.2) is 11.6 Å². The van der Waals surface area contributed by atoms with E-state index >= 15 is 0 Å². The standard InChI is InChI=1S/C11H12N2O/c1-2-14-10-7-8-5-3-4-6-9(8)13-11(10)12/h3-7H,2H2,1H3,(H2,12,13). The van der Waals surface area contributed by atoms with Gasteiger partial charge in [0.1, 0.15) is 0 Å². The van der Waals surface area contributed by atoms with Crippen LogP contribution in [0.4, 0.5) is 5.82 Å². The maximum Gasteiger partial charge on any atom is 0.166 e. The minimum Gasteiger partial charge on any atom is -0.490 e. The number of ether oxygens (including phenoxy) is 1. The molecule has 0 unspecified atom stereocenters. The fraction of sp³-hybridized carbons (Fsp3) is 0.182. The van der Waals surface area contributed by atoms with Gasteiger partial charge in [-0.05, 0) is 19.1 Å². The molecule has 0 fully saturated rings. The first-order valence-electron chi connectivity index (χ1n) is 4.59. The summed E-state index contributed by atoms with van der Waals surface area (Å²) >= 11 is 0. The van der Waals surface area contributed by atoms with Gasteiger partial charge in [-0.1, -0.05) is 18.2 Å². The van der Waals surface area contributed by atoms with Gasteiger partial charge in [-0.25, -0.2) is 4.98 Å². The van der Waals surface area contributed by atoms with Crippen molar-refractivity contribution in [1.29, 1.82) is 0 Å². The summed E-state index contributed by atoms with van der Waals surface area (Å²) in [6.07, 6.45) is 0. The van der Waals surface area contributed by atoms with Crippen LogP contribution in [0.15, 0.2) is 30.3 Å². The highest BCUT2D eigenvalue weighted by Gasteiger charge is 2.03. The largest absolute Gasteiger partial charge is 0.490 e. The van der Waals surface area contributed by atoms with Gasteiger partial charge in [0.25, 0.3) is 0 Å². The molecule has 3 nitrogen and oxygen atoms in total. The van der Waals surface area contributed by atoms with E-state index in [0.29, 0.717) is 18.2 Å². The van der Waals surface area contributed by atoms with E-state index in [1.807, 2.05) is 37.3 Å². The van der Waals surface area contributed by atoms with Crippen molar-refractivity contribution in [2.24, 2.45) is 0 Å². The summed E-state index contributed by atoms with van der Waals surface area (Å²) < 4.78 is 5.36. The molecule has 1 aromatic heterocycles. The number of hydrogen-bond acceptors (Lipinski definition) is 3. The number of anilines is 1. The molecule has 2 rings (SSSR count). The lowest BCUT2D eigenvalue weighted by Crippen LogP contribution is -1.99. The summed E-state index contributed by atoms with van der Waals surface area (Å²) in [4.78, 5) is 4.25. The predicted molar refractivity (Wildman–Crippen MR) is 57.3 cm³/mol. The van der Waals surface area contributed by atoms with Crippen LogP contribution >= 0.6 is 0 Å². The molecule has 1 heterocycles. The van der Waals surface area contributed by atoms with Crippen molar-refractivity contribution >= 4 is 16.7 Å². The Morgan fingerprint density at radius 3 is 2.93 bits per heavy atom. The van der Waals surface area contributed by atoms with Crippen molar-refractivity contribution in [3.05, 3.63) is 30.3 Å². The van der Waals surface area contributed by atoms with Gasteiger partial charge >= 0.3 is 0 Å². The molecule has 2 aromatic rings. The first-order valence-corrected chi connectivity index (χ1v) is 4.59. The topological polar surface area (TPSA) is 48.1 Å². The Kier molecular flexibility index (Phi) is 2.23. The van der Waals surface area contributed by atoms with Gasteiger partial charge < -0.3 is 10.5 Å². The van der Waals surface area contributed by atoms with Crippen LogP contribution in [0, 0.1) is 0 Å². The highest BCUT2D eigenvalue weighted by Crippen LogP contribution is 2.24. The van der Waals surface area contributed by atoms with Crippen molar-refractivity contribution < 1.29 is 4.74 Å². The molecular weight excluding hydrogens is 176 g/mol. The third-order valence-electron chi connectivity index (χ3n) is 2.02. The molecule has 72 valence electrons. The molecular formula is C11H12N2O. The van der Waals surface area contributed by atoms with E-state index in [4.69, 9.17) is 10.5 Å². The van der Waals surface area contributed by atoms with E-state index in [1.54, 1.807) is 0 Å². The van der Waals surface area contributed by atoms with E-state index in [9.17, 15) is 0 Å². The zero-order chi connectivity index (χ0) is 9.97. The molecule has 0 atom stereocenters. The van der Waals surface area contributed by atoms with Crippen LogP contribution in [0.2, 0.25) is 0 Å². The fourth-order valence-corrected chi connectivity index (χ4v) is 1.38. The smallest absolute Gasteiger partial charge is 0.166 e.